The highest BCUT2D eigenvalue weighted by Gasteiger charge is 2.27. The summed E-state index contributed by atoms with van der Waals surface area (Å²) in [6, 6.07) is 11.0. The van der Waals surface area contributed by atoms with E-state index in [2.05, 4.69) is 4.98 Å². The summed E-state index contributed by atoms with van der Waals surface area (Å²) in [6.45, 7) is 3.90. The van der Waals surface area contributed by atoms with Gasteiger partial charge in [-0.1, -0.05) is 25.1 Å². The van der Waals surface area contributed by atoms with E-state index >= 15 is 0 Å². The minimum Gasteiger partial charge on any atom is -0.454 e. The van der Waals surface area contributed by atoms with Gasteiger partial charge in [-0.3, -0.25) is 0 Å². The molecule has 0 spiro atoms. The third-order valence-electron chi connectivity index (χ3n) is 5.50. The van der Waals surface area contributed by atoms with Crippen LogP contribution in [0.4, 0.5) is 4.39 Å². The molecule has 1 aliphatic rings. The first-order valence-electron chi connectivity index (χ1n) is 11.1. The van der Waals surface area contributed by atoms with Crippen LogP contribution in [0.2, 0.25) is 0 Å². The fourth-order valence-corrected chi connectivity index (χ4v) is 5.22. The summed E-state index contributed by atoms with van der Waals surface area (Å²) >= 11 is 0. The molecule has 0 bridgehead atoms. The highest BCUT2D eigenvalue weighted by atomic mass is 32.2. The van der Waals surface area contributed by atoms with Gasteiger partial charge in [0.05, 0.1) is 29.1 Å². The maximum absolute atomic E-state index is 13.7. The minimum absolute atomic E-state index is 0.0966. The molecule has 1 saturated heterocycles. The second-order valence-electron chi connectivity index (χ2n) is 7.81. The van der Waals surface area contributed by atoms with Crippen LogP contribution in [0, 0.1) is 5.82 Å². The van der Waals surface area contributed by atoms with Gasteiger partial charge < -0.3 is 14.0 Å². The van der Waals surface area contributed by atoms with Crippen molar-refractivity contribution in [1.82, 2.24) is 13.9 Å². The number of carbonyl (C=O) groups excluding carboxylic acids is 1. The number of esters is 1. The summed E-state index contributed by atoms with van der Waals surface area (Å²) in [5, 5.41) is 0. The van der Waals surface area contributed by atoms with Crippen LogP contribution in [-0.4, -0.2) is 54.5 Å². The van der Waals surface area contributed by atoms with E-state index in [9.17, 15) is 17.6 Å². The zero-order valence-electron chi connectivity index (χ0n) is 18.8. The first kappa shape index (κ1) is 24.1. The molecule has 4 rings (SSSR count). The maximum atomic E-state index is 13.7. The van der Waals surface area contributed by atoms with Gasteiger partial charge in [-0.2, -0.15) is 4.31 Å². The molecular weight excluding hydrogens is 461 g/mol. The predicted octanol–water partition coefficient (Wildman–Crippen LogP) is 3.36. The minimum atomic E-state index is -3.65. The van der Waals surface area contributed by atoms with Crippen LogP contribution in [0.1, 0.15) is 24.7 Å². The number of hydrogen-bond donors (Lipinski definition) is 0. The number of halogens is 1. The summed E-state index contributed by atoms with van der Waals surface area (Å²) in [4.78, 5) is 16.9. The third kappa shape index (κ3) is 5.19. The molecule has 0 aliphatic carbocycles. The molecule has 0 N–H and O–H groups in total. The van der Waals surface area contributed by atoms with Crippen molar-refractivity contribution in [2.45, 2.75) is 31.4 Å². The number of nitrogens with zero attached hydrogens (tertiary/aromatic N) is 3. The molecule has 8 nitrogen and oxygen atoms in total. The number of benzene rings is 2. The van der Waals surface area contributed by atoms with Crippen LogP contribution in [0.15, 0.2) is 53.4 Å². The second-order valence-corrected chi connectivity index (χ2v) is 9.75. The van der Waals surface area contributed by atoms with Crippen LogP contribution in [0.3, 0.4) is 0 Å². The Morgan fingerprint density at radius 1 is 1.21 bits per heavy atom. The van der Waals surface area contributed by atoms with Gasteiger partial charge in [0.2, 0.25) is 10.0 Å². The highest BCUT2D eigenvalue weighted by Crippen LogP contribution is 2.24. The molecule has 0 amide bonds. The third-order valence-corrected chi connectivity index (χ3v) is 7.40. The summed E-state index contributed by atoms with van der Waals surface area (Å²) in [5.74, 6) is -0.557. The Balaban J connectivity index is 1.54. The molecule has 0 atom stereocenters. The fourth-order valence-electron chi connectivity index (χ4n) is 3.79. The molecule has 1 aliphatic heterocycles. The van der Waals surface area contributed by atoms with Crippen molar-refractivity contribution in [3.63, 3.8) is 0 Å². The fraction of sp³-hybridized carbons (Fsp3) is 0.333. The van der Waals surface area contributed by atoms with Crippen LogP contribution < -0.4 is 0 Å². The normalized spacial score (nSPS) is 15.2. The van der Waals surface area contributed by atoms with Gasteiger partial charge in [0.1, 0.15) is 18.2 Å². The number of fused-ring (bicyclic) bond motifs is 1. The van der Waals surface area contributed by atoms with Crippen molar-refractivity contribution in [2.75, 3.05) is 26.3 Å². The summed E-state index contributed by atoms with van der Waals surface area (Å²) < 4.78 is 53.6. The molecule has 1 fully saturated rings. The SMILES string of the molecule is CCCn1c(COC(=O)/C=C/c2ccccc2F)nc2cc(S(=O)(=O)N3CCOCC3)ccc21. The number of aryl methyl sites for hydroxylation is 1. The van der Waals surface area contributed by atoms with Crippen LogP contribution in [0.25, 0.3) is 17.1 Å². The lowest BCUT2D eigenvalue weighted by Crippen LogP contribution is -2.40. The molecule has 10 heteroatoms. The zero-order chi connectivity index (χ0) is 24.1. The van der Waals surface area contributed by atoms with E-state index in [1.807, 2.05) is 11.5 Å². The van der Waals surface area contributed by atoms with Gasteiger partial charge in [0.15, 0.2) is 0 Å². The first-order chi connectivity index (χ1) is 16.4. The molecule has 0 radical (unpaired) electrons. The van der Waals surface area contributed by atoms with Gasteiger partial charge in [0.25, 0.3) is 0 Å². The van der Waals surface area contributed by atoms with E-state index in [0.29, 0.717) is 44.2 Å². The summed E-state index contributed by atoms with van der Waals surface area (Å²) in [6.07, 6.45) is 3.33. The Morgan fingerprint density at radius 2 is 1.97 bits per heavy atom. The molecule has 0 unspecified atom stereocenters. The van der Waals surface area contributed by atoms with Gasteiger partial charge in [-0.05, 0) is 36.8 Å². The molecule has 2 aromatic carbocycles. The number of ether oxygens (including phenoxy) is 2. The van der Waals surface area contributed by atoms with Crippen molar-refractivity contribution in [2.24, 2.45) is 0 Å². The Bertz CT molecular complexity index is 1310. The lowest BCUT2D eigenvalue weighted by Gasteiger charge is -2.26. The van der Waals surface area contributed by atoms with Crippen LogP contribution >= 0.6 is 0 Å². The topological polar surface area (TPSA) is 90.7 Å². The summed E-state index contributed by atoms with van der Waals surface area (Å²) in [5.41, 5.74) is 1.55. The zero-order valence-corrected chi connectivity index (χ0v) is 19.6. The maximum Gasteiger partial charge on any atom is 0.331 e. The molecule has 180 valence electrons. The van der Waals surface area contributed by atoms with E-state index in [-0.39, 0.29) is 17.1 Å². The van der Waals surface area contributed by atoms with Gasteiger partial charge >= 0.3 is 5.97 Å². The highest BCUT2D eigenvalue weighted by molar-refractivity contribution is 7.89. The molecule has 2 heterocycles. The lowest BCUT2D eigenvalue weighted by atomic mass is 10.2. The monoisotopic (exact) mass is 487 g/mol. The molecular formula is C24H26FN3O5S. The van der Waals surface area contributed by atoms with E-state index in [0.717, 1.165) is 18.0 Å². The average molecular weight is 488 g/mol. The second kappa shape index (κ2) is 10.5. The van der Waals surface area contributed by atoms with Crippen molar-refractivity contribution in [3.05, 3.63) is 65.7 Å². The number of rotatable bonds is 8. The lowest BCUT2D eigenvalue weighted by molar-refractivity contribution is -0.139. The van der Waals surface area contributed by atoms with Crippen LogP contribution in [0.5, 0.6) is 0 Å². The Labute approximate surface area is 197 Å². The molecule has 1 aromatic heterocycles. The van der Waals surface area contributed by atoms with E-state index in [1.165, 1.54) is 16.4 Å². The van der Waals surface area contributed by atoms with Crippen molar-refractivity contribution >= 4 is 33.1 Å². The van der Waals surface area contributed by atoms with Gasteiger partial charge in [-0.15, -0.1) is 0 Å². The van der Waals surface area contributed by atoms with Crippen molar-refractivity contribution in [3.8, 4) is 0 Å². The number of carbonyl (C=O) groups is 1. The largest absolute Gasteiger partial charge is 0.454 e. The summed E-state index contributed by atoms with van der Waals surface area (Å²) in [7, 11) is -3.65. The Morgan fingerprint density at radius 3 is 2.71 bits per heavy atom. The standard InChI is InChI=1S/C24H26FN3O5S/c1-2-11-28-22-9-8-19(34(30,31)27-12-14-32-15-13-27)16-21(22)26-23(28)17-33-24(29)10-7-18-5-3-4-6-20(18)25/h3-10,16H,2,11-15,17H2,1H3/b10-7+. The van der Waals surface area contributed by atoms with E-state index < -0.39 is 21.8 Å². The quantitative estimate of drug-likeness (QED) is 0.358. The molecule has 34 heavy (non-hydrogen) atoms. The molecule has 3 aromatic rings. The smallest absolute Gasteiger partial charge is 0.331 e. The number of imidazole rings is 1. The number of morpholine rings is 1. The number of sulfonamides is 1. The van der Waals surface area contributed by atoms with Crippen molar-refractivity contribution in [1.29, 1.82) is 0 Å². The number of aromatic nitrogens is 2. The average Bonchev–Trinajstić information content (AvgIpc) is 3.19. The Kier molecular flexibility index (Phi) is 7.40. The van der Waals surface area contributed by atoms with E-state index in [1.54, 1.807) is 36.4 Å². The number of hydrogen-bond acceptors (Lipinski definition) is 6. The van der Waals surface area contributed by atoms with Gasteiger partial charge in [0, 0.05) is 31.3 Å². The van der Waals surface area contributed by atoms with E-state index in [4.69, 9.17) is 9.47 Å². The van der Waals surface area contributed by atoms with Crippen LogP contribution in [-0.2, 0) is 37.4 Å². The molecule has 0 saturated carbocycles. The predicted molar refractivity (Wildman–Crippen MR) is 125 cm³/mol. The van der Waals surface area contributed by atoms with Gasteiger partial charge in [-0.25, -0.2) is 22.6 Å². The first-order valence-corrected chi connectivity index (χ1v) is 12.5. The van der Waals surface area contributed by atoms with Crippen molar-refractivity contribution < 1.29 is 27.1 Å². The Hall–Kier alpha value is -3.08.